The number of rotatable bonds is 5. The van der Waals surface area contributed by atoms with Crippen LogP contribution in [0.15, 0.2) is 0 Å². The van der Waals surface area contributed by atoms with E-state index in [9.17, 15) is 9.59 Å². The molecule has 0 bridgehead atoms. The summed E-state index contributed by atoms with van der Waals surface area (Å²) in [7, 11) is 1.30. The Balaban J connectivity index is 3.67. The second-order valence-corrected chi connectivity index (χ2v) is 2.15. The molecule has 0 N–H and O–H groups in total. The van der Waals surface area contributed by atoms with Crippen LogP contribution in [-0.2, 0) is 14.3 Å². The number of ether oxygens (including phenoxy) is 1. The fraction of sp³-hybridized carbons (Fsp3) is 0.714. The summed E-state index contributed by atoms with van der Waals surface area (Å²) in [5.41, 5.74) is 0. The van der Waals surface area contributed by atoms with Crippen molar-refractivity contribution in [3.63, 3.8) is 0 Å². The summed E-state index contributed by atoms with van der Waals surface area (Å²) >= 11 is 0. The van der Waals surface area contributed by atoms with E-state index in [4.69, 9.17) is 0 Å². The van der Waals surface area contributed by atoms with E-state index in [0.717, 1.165) is 6.42 Å². The number of methoxy groups -OCH3 is 1. The minimum absolute atomic E-state index is 0.0494. The van der Waals surface area contributed by atoms with E-state index in [1.807, 2.05) is 6.92 Å². The maximum atomic E-state index is 10.6. The summed E-state index contributed by atoms with van der Waals surface area (Å²) < 4.78 is 4.39. The number of carbonyl (C=O) groups excluding carboxylic acids is 2. The highest BCUT2D eigenvalue weighted by Crippen LogP contribution is 1.87. The molecule has 0 saturated carbocycles. The molecule has 0 aromatic heterocycles. The zero-order valence-electron chi connectivity index (χ0n) is 6.87. The standard InChI is InChI=1S/C7H13NO3/c1-3-4-8(6-9)5-7(10)11-2/h6H,3-5H2,1-2H3. The van der Waals surface area contributed by atoms with Crippen molar-refractivity contribution in [2.24, 2.45) is 0 Å². The molecule has 0 unspecified atom stereocenters. The zero-order valence-corrected chi connectivity index (χ0v) is 6.87. The Morgan fingerprint density at radius 2 is 2.27 bits per heavy atom. The lowest BCUT2D eigenvalue weighted by Crippen LogP contribution is -2.29. The van der Waals surface area contributed by atoms with Gasteiger partial charge in [0.05, 0.1) is 7.11 Å². The number of carbonyl (C=O) groups is 2. The molecule has 0 aliphatic rings. The second-order valence-electron chi connectivity index (χ2n) is 2.15. The minimum atomic E-state index is -0.384. The first-order valence-electron chi connectivity index (χ1n) is 3.50. The van der Waals surface area contributed by atoms with E-state index in [1.165, 1.54) is 12.0 Å². The van der Waals surface area contributed by atoms with Crippen molar-refractivity contribution >= 4 is 12.4 Å². The summed E-state index contributed by atoms with van der Waals surface area (Å²) in [4.78, 5) is 22.3. The lowest BCUT2D eigenvalue weighted by molar-refractivity contribution is -0.144. The third-order valence-corrected chi connectivity index (χ3v) is 1.22. The fourth-order valence-electron chi connectivity index (χ4n) is 0.687. The zero-order chi connectivity index (χ0) is 8.69. The first kappa shape index (κ1) is 9.94. The smallest absolute Gasteiger partial charge is 0.325 e. The van der Waals surface area contributed by atoms with Crippen molar-refractivity contribution in [2.45, 2.75) is 13.3 Å². The van der Waals surface area contributed by atoms with Gasteiger partial charge in [0, 0.05) is 6.54 Å². The van der Waals surface area contributed by atoms with Crippen molar-refractivity contribution in [1.82, 2.24) is 4.90 Å². The van der Waals surface area contributed by atoms with Gasteiger partial charge in [0.2, 0.25) is 6.41 Å². The Bertz CT molecular complexity index is 136. The molecular formula is C7H13NO3. The van der Waals surface area contributed by atoms with Crippen LogP contribution < -0.4 is 0 Å². The van der Waals surface area contributed by atoms with Gasteiger partial charge in [0.25, 0.3) is 0 Å². The molecule has 0 atom stereocenters. The summed E-state index contributed by atoms with van der Waals surface area (Å²) in [5.74, 6) is -0.384. The van der Waals surface area contributed by atoms with E-state index in [2.05, 4.69) is 4.74 Å². The average Bonchev–Trinajstić information content (AvgIpc) is 2.03. The first-order valence-corrected chi connectivity index (χ1v) is 3.50. The van der Waals surface area contributed by atoms with Crippen LogP contribution in [0.1, 0.15) is 13.3 Å². The van der Waals surface area contributed by atoms with Gasteiger partial charge in [-0.2, -0.15) is 0 Å². The predicted molar refractivity (Wildman–Crippen MR) is 39.9 cm³/mol. The summed E-state index contributed by atoms with van der Waals surface area (Å²) in [6.07, 6.45) is 1.50. The Kier molecular flexibility index (Phi) is 5.15. The minimum Gasteiger partial charge on any atom is -0.468 e. The van der Waals surface area contributed by atoms with Crippen LogP contribution in [0.5, 0.6) is 0 Å². The van der Waals surface area contributed by atoms with Gasteiger partial charge in [-0.15, -0.1) is 0 Å². The van der Waals surface area contributed by atoms with Crippen LogP contribution in [0.4, 0.5) is 0 Å². The highest BCUT2D eigenvalue weighted by atomic mass is 16.5. The van der Waals surface area contributed by atoms with E-state index in [1.54, 1.807) is 0 Å². The predicted octanol–water partition coefficient (Wildman–Crippen LogP) is 0.0278. The maximum Gasteiger partial charge on any atom is 0.325 e. The average molecular weight is 159 g/mol. The maximum absolute atomic E-state index is 10.6. The van der Waals surface area contributed by atoms with Crippen molar-refractivity contribution in [1.29, 1.82) is 0 Å². The number of hydrogen-bond donors (Lipinski definition) is 0. The molecule has 11 heavy (non-hydrogen) atoms. The number of nitrogens with zero attached hydrogens (tertiary/aromatic N) is 1. The molecule has 0 aromatic carbocycles. The van der Waals surface area contributed by atoms with E-state index >= 15 is 0 Å². The molecule has 0 saturated heterocycles. The lowest BCUT2D eigenvalue weighted by Gasteiger charge is -2.13. The molecule has 0 aliphatic heterocycles. The number of hydrogen-bond acceptors (Lipinski definition) is 3. The van der Waals surface area contributed by atoms with Crippen LogP contribution in [0, 0.1) is 0 Å². The molecule has 4 heteroatoms. The molecule has 0 fully saturated rings. The fourth-order valence-corrected chi connectivity index (χ4v) is 0.687. The molecule has 1 amide bonds. The third kappa shape index (κ3) is 4.36. The van der Waals surface area contributed by atoms with Crippen molar-refractivity contribution < 1.29 is 14.3 Å². The van der Waals surface area contributed by atoms with Gasteiger partial charge >= 0.3 is 5.97 Å². The lowest BCUT2D eigenvalue weighted by atomic mass is 10.4. The van der Waals surface area contributed by atoms with Gasteiger partial charge in [-0.25, -0.2) is 0 Å². The second kappa shape index (κ2) is 5.70. The molecule has 0 aromatic rings. The molecule has 4 nitrogen and oxygen atoms in total. The molecule has 0 rings (SSSR count). The van der Waals surface area contributed by atoms with Crippen LogP contribution in [0.25, 0.3) is 0 Å². The molecule has 64 valence electrons. The quantitative estimate of drug-likeness (QED) is 0.420. The Morgan fingerprint density at radius 3 is 2.64 bits per heavy atom. The summed E-state index contributed by atoms with van der Waals surface area (Å²) in [6, 6.07) is 0. The third-order valence-electron chi connectivity index (χ3n) is 1.22. The molecule has 0 aliphatic carbocycles. The van der Waals surface area contributed by atoms with Crippen LogP contribution in [0.2, 0.25) is 0 Å². The van der Waals surface area contributed by atoms with E-state index in [-0.39, 0.29) is 12.5 Å². The van der Waals surface area contributed by atoms with Crippen molar-refractivity contribution in [2.75, 3.05) is 20.2 Å². The summed E-state index contributed by atoms with van der Waals surface area (Å²) in [5, 5.41) is 0. The van der Waals surface area contributed by atoms with Gasteiger partial charge in [0.15, 0.2) is 0 Å². The molecule has 0 heterocycles. The Morgan fingerprint density at radius 1 is 1.64 bits per heavy atom. The normalized spacial score (nSPS) is 8.91. The monoisotopic (exact) mass is 159 g/mol. The van der Waals surface area contributed by atoms with Crippen LogP contribution in [-0.4, -0.2) is 37.5 Å². The summed E-state index contributed by atoms with van der Waals surface area (Å²) in [6.45, 7) is 2.58. The van der Waals surface area contributed by atoms with E-state index in [0.29, 0.717) is 13.0 Å². The van der Waals surface area contributed by atoms with Crippen LogP contribution in [0.3, 0.4) is 0 Å². The number of amides is 1. The van der Waals surface area contributed by atoms with Gasteiger partial charge in [-0.3, -0.25) is 9.59 Å². The highest BCUT2D eigenvalue weighted by Gasteiger charge is 2.06. The molecule has 0 spiro atoms. The molecule has 0 radical (unpaired) electrons. The van der Waals surface area contributed by atoms with Crippen molar-refractivity contribution in [3.05, 3.63) is 0 Å². The van der Waals surface area contributed by atoms with Crippen LogP contribution >= 0.6 is 0 Å². The largest absolute Gasteiger partial charge is 0.468 e. The molecular weight excluding hydrogens is 146 g/mol. The van der Waals surface area contributed by atoms with Gasteiger partial charge < -0.3 is 9.64 Å². The topological polar surface area (TPSA) is 46.6 Å². The SMILES string of the molecule is CCCN(C=O)CC(=O)OC. The van der Waals surface area contributed by atoms with Gasteiger partial charge in [0.1, 0.15) is 6.54 Å². The van der Waals surface area contributed by atoms with Crippen molar-refractivity contribution in [3.8, 4) is 0 Å². The van der Waals surface area contributed by atoms with Gasteiger partial charge in [-0.1, -0.05) is 6.92 Å². The Labute approximate surface area is 66.1 Å². The van der Waals surface area contributed by atoms with E-state index < -0.39 is 0 Å². The number of esters is 1. The Hall–Kier alpha value is -1.06. The van der Waals surface area contributed by atoms with Gasteiger partial charge in [-0.05, 0) is 6.42 Å². The first-order chi connectivity index (χ1) is 5.24. The highest BCUT2D eigenvalue weighted by molar-refractivity contribution is 5.73.